The molecule has 0 saturated carbocycles. The van der Waals surface area contributed by atoms with E-state index in [-0.39, 0.29) is 0 Å². The van der Waals surface area contributed by atoms with Crippen LogP contribution in [0.2, 0.25) is 5.02 Å². The van der Waals surface area contributed by atoms with E-state index < -0.39 is 0 Å². The molecule has 0 aromatic heterocycles. The summed E-state index contributed by atoms with van der Waals surface area (Å²) < 4.78 is 0. The Bertz CT molecular complexity index is 469. The Balaban J connectivity index is 1.84. The molecule has 17 heavy (non-hydrogen) atoms. The largest absolute Gasteiger partial charge is 0.0843 e. The molecule has 1 heteroatoms. The molecule has 86 valence electrons. The normalized spacial score (nSPS) is 10.9. The van der Waals surface area contributed by atoms with E-state index in [9.17, 15) is 0 Å². The van der Waals surface area contributed by atoms with Crippen LogP contribution in [0.4, 0.5) is 0 Å². The minimum Gasteiger partial charge on any atom is -0.0843 e. The van der Waals surface area contributed by atoms with Gasteiger partial charge in [0.15, 0.2) is 0 Å². The van der Waals surface area contributed by atoms with Gasteiger partial charge in [-0.2, -0.15) is 0 Å². The van der Waals surface area contributed by atoms with E-state index in [0.717, 1.165) is 17.9 Å². The summed E-state index contributed by atoms with van der Waals surface area (Å²) in [5.41, 5.74) is 2.58. The third kappa shape index (κ3) is 4.08. The van der Waals surface area contributed by atoms with Gasteiger partial charge in [0.05, 0.1) is 0 Å². The zero-order valence-electron chi connectivity index (χ0n) is 9.64. The smallest absolute Gasteiger partial charge is 0.0406 e. The lowest BCUT2D eigenvalue weighted by Crippen LogP contribution is -1.81. The van der Waals surface area contributed by atoms with Crippen molar-refractivity contribution in [3.63, 3.8) is 0 Å². The fourth-order valence-corrected chi connectivity index (χ4v) is 1.81. The maximum atomic E-state index is 5.83. The minimum absolute atomic E-state index is 0.784. The Hall–Kier alpha value is -1.53. The number of halogens is 1. The van der Waals surface area contributed by atoms with Crippen molar-refractivity contribution in [3.05, 3.63) is 76.8 Å². The van der Waals surface area contributed by atoms with Crippen molar-refractivity contribution in [1.29, 1.82) is 0 Å². The van der Waals surface area contributed by atoms with Crippen molar-refractivity contribution in [1.82, 2.24) is 0 Å². The predicted molar refractivity (Wildman–Crippen MR) is 75.2 cm³/mol. The topological polar surface area (TPSA) is 0 Å². The van der Waals surface area contributed by atoms with Crippen molar-refractivity contribution in [2.45, 2.75) is 12.8 Å². The second kappa shape index (κ2) is 6.27. The van der Waals surface area contributed by atoms with E-state index in [4.69, 9.17) is 11.6 Å². The maximum absolute atomic E-state index is 5.83. The Kier molecular flexibility index (Phi) is 4.40. The summed E-state index contributed by atoms with van der Waals surface area (Å²) in [5.74, 6) is 0. The van der Waals surface area contributed by atoms with Crippen LogP contribution in [0.15, 0.2) is 60.7 Å². The molecule has 0 unspecified atom stereocenters. The highest BCUT2D eigenvalue weighted by Crippen LogP contribution is 2.11. The monoisotopic (exact) mass is 242 g/mol. The number of hydrogen-bond donors (Lipinski definition) is 0. The average Bonchev–Trinajstić information content (AvgIpc) is 2.38. The molecule has 0 aliphatic carbocycles. The molecular weight excluding hydrogens is 228 g/mol. The summed E-state index contributed by atoms with van der Waals surface area (Å²) in [6.45, 7) is 0. The van der Waals surface area contributed by atoms with E-state index in [1.54, 1.807) is 0 Å². The first-order valence-corrected chi connectivity index (χ1v) is 6.18. The number of allylic oxidation sites excluding steroid dienone is 1. The first-order chi connectivity index (χ1) is 8.34. The lowest BCUT2D eigenvalue weighted by molar-refractivity contribution is 1.01. The molecule has 0 bridgehead atoms. The van der Waals surface area contributed by atoms with Gasteiger partial charge in [-0.15, -0.1) is 0 Å². The standard InChI is InChI=1S/C16H15Cl/c17-16-12-10-15(11-13-16)9-5-4-8-14-6-2-1-3-7-14/h1-3,5-7,9-13H,4,8H2/b9-5+. The van der Waals surface area contributed by atoms with Gasteiger partial charge >= 0.3 is 0 Å². The molecule has 0 nitrogen and oxygen atoms in total. The van der Waals surface area contributed by atoms with Crippen LogP contribution in [0.25, 0.3) is 6.08 Å². The highest BCUT2D eigenvalue weighted by atomic mass is 35.5. The van der Waals surface area contributed by atoms with Crippen LogP contribution >= 0.6 is 11.6 Å². The molecule has 0 heterocycles. The van der Waals surface area contributed by atoms with Gasteiger partial charge in [-0.1, -0.05) is 66.2 Å². The molecule has 0 aliphatic heterocycles. The van der Waals surface area contributed by atoms with Gasteiger partial charge in [-0.25, -0.2) is 0 Å². The molecular formula is C16H15Cl. The fourth-order valence-electron chi connectivity index (χ4n) is 1.69. The van der Waals surface area contributed by atoms with E-state index in [1.165, 1.54) is 11.1 Å². The Morgan fingerprint density at radius 1 is 0.882 bits per heavy atom. The van der Waals surface area contributed by atoms with Crippen molar-refractivity contribution in [2.75, 3.05) is 0 Å². The predicted octanol–water partition coefficient (Wildman–Crippen LogP) is 4.99. The second-order valence-electron chi connectivity index (χ2n) is 3.98. The maximum Gasteiger partial charge on any atom is 0.0406 e. The van der Waals surface area contributed by atoms with Crippen LogP contribution in [-0.2, 0) is 6.42 Å². The van der Waals surface area contributed by atoms with Crippen LogP contribution < -0.4 is 0 Å². The molecule has 0 aliphatic rings. The van der Waals surface area contributed by atoms with Crippen molar-refractivity contribution < 1.29 is 0 Å². The highest BCUT2D eigenvalue weighted by molar-refractivity contribution is 6.30. The molecule has 2 aromatic carbocycles. The van der Waals surface area contributed by atoms with Crippen molar-refractivity contribution in [2.24, 2.45) is 0 Å². The molecule has 0 spiro atoms. The molecule has 2 aromatic rings. The molecule has 0 amide bonds. The van der Waals surface area contributed by atoms with Gasteiger partial charge in [0, 0.05) is 5.02 Å². The van der Waals surface area contributed by atoms with E-state index >= 15 is 0 Å². The highest BCUT2D eigenvalue weighted by Gasteiger charge is 1.89. The Morgan fingerprint density at radius 2 is 1.59 bits per heavy atom. The third-order valence-electron chi connectivity index (χ3n) is 2.62. The summed E-state index contributed by atoms with van der Waals surface area (Å²) >= 11 is 5.83. The van der Waals surface area contributed by atoms with Gasteiger partial charge < -0.3 is 0 Å². The summed E-state index contributed by atoms with van der Waals surface area (Å²) in [6.07, 6.45) is 6.49. The first kappa shape index (κ1) is 11.9. The molecule has 0 fully saturated rings. The van der Waals surface area contributed by atoms with Crippen LogP contribution in [0, 0.1) is 0 Å². The molecule has 0 N–H and O–H groups in total. The Labute approximate surface area is 108 Å². The third-order valence-corrected chi connectivity index (χ3v) is 2.87. The zero-order valence-corrected chi connectivity index (χ0v) is 10.4. The van der Waals surface area contributed by atoms with Crippen LogP contribution in [-0.4, -0.2) is 0 Å². The van der Waals surface area contributed by atoms with E-state index in [2.05, 4.69) is 36.4 Å². The summed E-state index contributed by atoms with van der Waals surface area (Å²) in [7, 11) is 0. The van der Waals surface area contributed by atoms with Gasteiger partial charge in [0.25, 0.3) is 0 Å². The average molecular weight is 243 g/mol. The number of hydrogen-bond acceptors (Lipinski definition) is 0. The van der Waals surface area contributed by atoms with E-state index in [1.807, 2.05) is 30.3 Å². The van der Waals surface area contributed by atoms with Crippen molar-refractivity contribution in [3.8, 4) is 0 Å². The van der Waals surface area contributed by atoms with Crippen LogP contribution in [0.5, 0.6) is 0 Å². The summed E-state index contributed by atoms with van der Waals surface area (Å²) in [4.78, 5) is 0. The Morgan fingerprint density at radius 3 is 2.29 bits per heavy atom. The first-order valence-electron chi connectivity index (χ1n) is 5.80. The SMILES string of the molecule is Clc1ccc(/C=C/CCc2ccccc2)cc1. The number of benzene rings is 2. The van der Waals surface area contributed by atoms with Crippen LogP contribution in [0.1, 0.15) is 17.5 Å². The summed E-state index contributed by atoms with van der Waals surface area (Å²) in [5, 5.41) is 0.784. The van der Waals surface area contributed by atoms with Gasteiger partial charge in [0.1, 0.15) is 0 Å². The molecule has 2 rings (SSSR count). The van der Waals surface area contributed by atoms with E-state index in [0.29, 0.717) is 0 Å². The minimum atomic E-state index is 0.784. The lowest BCUT2D eigenvalue weighted by Gasteiger charge is -1.97. The van der Waals surface area contributed by atoms with Crippen LogP contribution in [0.3, 0.4) is 0 Å². The lowest BCUT2D eigenvalue weighted by atomic mass is 10.1. The molecule has 0 saturated heterocycles. The quantitative estimate of drug-likeness (QED) is 0.709. The fraction of sp³-hybridized carbons (Fsp3) is 0.125. The number of rotatable bonds is 4. The van der Waals surface area contributed by atoms with Gasteiger partial charge in [0.2, 0.25) is 0 Å². The molecule has 0 atom stereocenters. The summed E-state index contributed by atoms with van der Waals surface area (Å²) in [6, 6.07) is 18.4. The number of aryl methyl sites for hydroxylation is 1. The second-order valence-corrected chi connectivity index (χ2v) is 4.41. The van der Waals surface area contributed by atoms with Gasteiger partial charge in [-0.3, -0.25) is 0 Å². The van der Waals surface area contributed by atoms with Gasteiger partial charge in [-0.05, 0) is 36.1 Å². The zero-order chi connectivity index (χ0) is 11.9. The molecule has 0 radical (unpaired) electrons. The van der Waals surface area contributed by atoms with Crippen molar-refractivity contribution >= 4 is 17.7 Å².